The lowest BCUT2D eigenvalue weighted by atomic mass is 10.2. The first-order valence-electron chi connectivity index (χ1n) is 4.21. The van der Waals surface area contributed by atoms with Crippen molar-refractivity contribution in [1.29, 1.82) is 0 Å². The van der Waals surface area contributed by atoms with Crippen molar-refractivity contribution in [3.63, 3.8) is 0 Å². The van der Waals surface area contributed by atoms with Crippen LogP contribution in [0.2, 0.25) is 0 Å². The van der Waals surface area contributed by atoms with E-state index in [1.54, 1.807) is 0 Å². The van der Waals surface area contributed by atoms with E-state index in [9.17, 15) is 8.42 Å². The Kier molecular flexibility index (Phi) is 5.72. The van der Waals surface area contributed by atoms with E-state index in [0.717, 1.165) is 21.7 Å². The third-order valence-corrected chi connectivity index (χ3v) is 6.32. The van der Waals surface area contributed by atoms with Crippen LogP contribution in [0.1, 0.15) is 5.56 Å². The topological polar surface area (TPSA) is 48.2 Å². The second-order valence-electron chi connectivity index (χ2n) is 2.97. The largest absolute Gasteiger partial charge is 0.573 e. The molecule has 0 unspecified atom stereocenters. The van der Waals surface area contributed by atoms with Crippen molar-refractivity contribution < 1.29 is 8.42 Å². The molecule has 0 saturated carbocycles. The lowest BCUT2D eigenvalue weighted by Gasteiger charge is -2.23. The van der Waals surface area contributed by atoms with Crippen molar-refractivity contribution >= 4 is 83.5 Å². The van der Waals surface area contributed by atoms with Gasteiger partial charge in [-0.3, -0.25) is 0 Å². The molecule has 0 radical (unpaired) electrons. The van der Waals surface area contributed by atoms with Gasteiger partial charge < -0.3 is 4.72 Å². The molecular weight excluding hydrogens is 579 g/mol. The van der Waals surface area contributed by atoms with Gasteiger partial charge in [-0.25, -0.2) is 8.42 Å². The summed E-state index contributed by atoms with van der Waals surface area (Å²) in [5, 5.41) is 0.809. The van der Waals surface area contributed by atoms with Gasteiger partial charge in [0, 0.05) is 16.1 Å². The van der Waals surface area contributed by atoms with Gasteiger partial charge in [-0.2, -0.15) is 0 Å². The fourth-order valence-electron chi connectivity index (χ4n) is 1.01. The molecule has 0 fully saturated rings. The smallest absolute Gasteiger partial charge is 0.115 e. The molecule has 0 saturated heterocycles. The Labute approximate surface area is 142 Å². The van der Waals surface area contributed by atoms with E-state index in [2.05, 4.69) is 85.7 Å². The summed E-state index contributed by atoms with van der Waals surface area (Å²) in [6, 6.07) is 3.86. The third kappa shape index (κ3) is 4.35. The van der Waals surface area contributed by atoms with Crippen molar-refractivity contribution in [2.75, 3.05) is 0 Å². The van der Waals surface area contributed by atoms with E-state index in [4.69, 9.17) is 0 Å². The van der Waals surface area contributed by atoms with Gasteiger partial charge in [0.05, 0.1) is 0 Å². The van der Waals surface area contributed by atoms with Crippen molar-refractivity contribution in [1.82, 2.24) is 0 Å². The molecule has 0 N–H and O–H groups in total. The molecule has 0 aromatic heterocycles. The molecular formula is C10H7I3NO2S-. The number of hydrogen-bond donors (Lipinski definition) is 0. The maximum absolute atomic E-state index is 11.3. The van der Waals surface area contributed by atoms with Gasteiger partial charge in [-0.15, -0.1) is 12.3 Å². The molecule has 1 aromatic carbocycles. The van der Waals surface area contributed by atoms with Crippen LogP contribution in [0.3, 0.4) is 0 Å². The number of nitrogens with zero attached hydrogens (tertiary/aromatic N) is 1. The second-order valence-corrected chi connectivity index (χ2v) is 8.00. The Morgan fingerprint density at radius 3 is 2.41 bits per heavy atom. The summed E-state index contributed by atoms with van der Waals surface area (Å²) in [7, 11) is -3.63. The van der Waals surface area contributed by atoms with E-state index in [1.165, 1.54) is 0 Å². The lowest BCUT2D eigenvalue weighted by Crippen LogP contribution is -1.97. The predicted molar refractivity (Wildman–Crippen MR) is 96.1 cm³/mol. The zero-order valence-corrected chi connectivity index (χ0v) is 15.7. The standard InChI is InChI=1S/C10H7I3NO2S/c1-3-17(15,16)14-6(2)8-4-7(11)5-9(12)10(8)13/h3-5H,1-2H2/q-1. The molecule has 92 valence electrons. The van der Waals surface area contributed by atoms with E-state index in [-0.39, 0.29) is 5.70 Å². The minimum atomic E-state index is -3.63. The van der Waals surface area contributed by atoms with E-state index >= 15 is 0 Å². The summed E-state index contributed by atoms with van der Waals surface area (Å²) in [6.45, 7) is 6.91. The first-order chi connectivity index (χ1) is 7.76. The zero-order valence-electron chi connectivity index (χ0n) is 8.45. The van der Waals surface area contributed by atoms with Crippen LogP contribution in [0.5, 0.6) is 0 Å². The molecule has 0 heterocycles. The molecule has 0 spiro atoms. The highest BCUT2D eigenvalue weighted by Gasteiger charge is 2.06. The summed E-state index contributed by atoms with van der Waals surface area (Å²) in [4.78, 5) is 0. The number of hydrogen-bond acceptors (Lipinski definition) is 2. The fraction of sp³-hybridized carbons (Fsp3) is 0. The van der Waals surface area contributed by atoms with Gasteiger partial charge in [-0.05, 0) is 85.5 Å². The predicted octanol–water partition coefficient (Wildman–Crippen LogP) is 4.32. The van der Waals surface area contributed by atoms with Crippen molar-refractivity contribution in [2.45, 2.75) is 0 Å². The SMILES string of the molecule is C=CS(=O)(=O)[N-]C(=C)c1cc(I)cc(I)c1I. The number of sulfonamides is 1. The highest BCUT2D eigenvalue weighted by Crippen LogP contribution is 2.31. The van der Waals surface area contributed by atoms with Gasteiger partial charge in [-0.1, -0.05) is 6.58 Å². The number of halogens is 3. The van der Waals surface area contributed by atoms with Crippen molar-refractivity contribution in [2.24, 2.45) is 0 Å². The molecule has 0 aliphatic heterocycles. The van der Waals surface area contributed by atoms with E-state index in [0.29, 0.717) is 0 Å². The normalized spacial score (nSPS) is 11.0. The Morgan fingerprint density at radius 1 is 1.29 bits per heavy atom. The first-order valence-corrected chi connectivity index (χ1v) is 8.95. The van der Waals surface area contributed by atoms with Crippen LogP contribution in [0.4, 0.5) is 0 Å². The summed E-state index contributed by atoms with van der Waals surface area (Å²) in [6.07, 6.45) is 0. The van der Waals surface area contributed by atoms with Crippen LogP contribution >= 0.6 is 67.8 Å². The van der Waals surface area contributed by atoms with Crippen LogP contribution in [0, 0.1) is 10.7 Å². The first kappa shape index (κ1) is 15.7. The summed E-state index contributed by atoms with van der Waals surface area (Å²) in [5.41, 5.74) is 0.957. The average Bonchev–Trinajstić information content (AvgIpc) is 2.22. The molecule has 1 rings (SSSR count). The molecule has 3 nitrogen and oxygen atoms in total. The molecule has 7 heteroatoms. The molecule has 1 aromatic rings. The summed E-state index contributed by atoms with van der Waals surface area (Å²) >= 11 is 6.51. The van der Waals surface area contributed by atoms with Gasteiger partial charge in [0.1, 0.15) is 10.0 Å². The lowest BCUT2D eigenvalue weighted by molar-refractivity contribution is 0.611. The monoisotopic (exact) mass is 586 g/mol. The van der Waals surface area contributed by atoms with Crippen molar-refractivity contribution in [3.8, 4) is 0 Å². The van der Waals surface area contributed by atoms with Gasteiger partial charge in [0.25, 0.3) is 0 Å². The Morgan fingerprint density at radius 2 is 1.88 bits per heavy atom. The van der Waals surface area contributed by atoms with E-state index < -0.39 is 10.0 Å². The minimum Gasteiger partial charge on any atom is -0.573 e. The highest BCUT2D eigenvalue weighted by atomic mass is 127. The van der Waals surface area contributed by atoms with E-state index in [1.807, 2.05) is 12.1 Å². The Hall–Kier alpha value is 0.640. The minimum absolute atomic E-state index is 0.228. The second kappa shape index (κ2) is 6.19. The van der Waals surface area contributed by atoms with Crippen LogP contribution in [0.25, 0.3) is 10.4 Å². The van der Waals surface area contributed by atoms with Crippen LogP contribution in [-0.4, -0.2) is 8.42 Å². The fourth-order valence-corrected chi connectivity index (χ4v) is 3.95. The average molecular weight is 586 g/mol. The molecule has 0 atom stereocenters. The molecule has 0 amide bonds. The van der Waals surface area contributed by atoms with Gasteiger partial charge in [0.2, 0.25) is 0 Å². The highest BCUT2D eigenvalue weighted by molar-refractivity contribution is 14.1. The van der Waals surface area contributed by atoms with Gasteiger partial charge >= 0.3 is 0 Å². The molecule has 17 heavy (non-hydrogen) atoms. The van der Waals surface area contributed by atoms with Crippen LogP contribution < -0.4 is 0 Å². The third-order valence-electron chi connectivity index (χ3n) is 1.75. The summed E-state index contributed by atoms with van der Waals surface area (Å²) < 4.78 is 29.2. The maximum Gasteiger partial charge on any atom is 0.115 e. The molecule has 0 aliphatic carbocycles. The quantitative estimate of drug-likeness (QED) is 0.391. The van der Waals surface area contributed by atoms with Crippen molar-refractivity contribution in [3.05, 3.63) is 51.7 Å². The Bertz CT molecular complexity index is 581. The molecule has 0 bridgehead atoms. The summed E-state index contributed by atoms with van der Waals surface area (Å²) in [5.74, 6) is 0. The Balaban J connectivity index is 3.18. The maximum atomic E-state index is 11.3. The number of rotatable bonds is 4. The van der Waals surface area contributed by atoms with Gasteiger partial charge in [0.15, 0.2) is 0 Å². The molecule has 0 aliphatic rings. The zero-order chi connectivity index (χ0) is 13.2. The number of benzene rings is 1. The van der Waals surface area contributed by atoms with Crippen LogP contribution in [-0.2, 0) is 10.0 Å². The van der Waals surface area contributed by atoms with Crippen LogP contribution in [0.15, 0.2) is 30.7 Å².